The van der Waals surface area contributed by atoms with Crippen LogP contribution >= 0.6 is 0 Å². The number of halogens is 3. The van der Waals surface area contributed by atoms with Crippen molar-refractivity contribution in [1.29, 1.82) is 0 Å². The number of urea groups is 1. The van der Waals surface area contributed by atoms with E-state index in [9.17, 15) is 18.0 Å². The van der Waals surface area contributed by atoms with Crippen molar-refractivity contribution in [2.75, 3.05) is 23.3 Å². The van der Waals surface area contributed by atoms with Gasteiger partial charge in [0.1, 0.15) is 5.82 Å². The highest BCUT2D eigenvalue weighted by molar-refractivity contribution is 6.02. The first kappa shape index (κ1) is 20.9. The van der Waals surface area contributed by atoms with Crippen LogP contribution in [0.4, 0.5) is 29.5 Å². The van der Waals surface area contributed by atoms with Crippen molar-refractivity contribution in [3.05, 3.63) is 59.5 Å². The molecule has 1 aliphatic heterocycles. The number of nitrogens with zero attached hydrogens (tertiary/aromatic N) is 3. The molecule has 2 N–H and O–H groups in total. The first-order chi connectivity index (χ1) is 14.7. The van der Waals surface area contributed by atoms with Crippen LogP contribution in [0, 0.1) is 13.8 Å². The molecule has 9 heteroatoms. The van der Waals surface area contributed by atoms with E-state index in [1.165, 1.54) is 0 Å². The van der Waals surface area contributed by atoms with Crippen molar-refractivity contribution in [2.24, 2.45) is 0 Å². The number of aromatic nitrogens is 2. The van der Waals surface area contributed by atoms with Gasteiger partial charge >= 0.3 is 12.2 Å². The second-order valence-electron chi connectivity index (χ2n) is 7.69. The molecule has 0 bridgehead atoms. The maximum absolute atomic E-state index is 12.9. The Morgan fingerprint density at radius 3 is 2.71 bits per heavy atom. The fourth-order valence-electron chi connectivity index (χ4n) is 3.93. The minimum absolute atomic E-state index is 0.137. The zero-order valence-corrected chi connectivity index (χ0v) is 17.1. The predicted molar refractivity (Wildman–Crippen MR) is 113 cm³/mol. The number of anilines is 2. The molecule has 1 aromatic carbocycles. The Morgan fingerprint density at radius 2 is 1.97 bits per heavy atom. The third-order valence-corrected chi connectivity index (χ3v) is 5.45. The summed E-state index contributed by atoms with van der Waals surface area (Å²) in [6, 6.07) is 8.14. The average Bonchev–Trinajstić information content (AvgIpc) is 3.16. The number of benzene rings is 1. The number of carbonyl (C=O) groups is 1. The summed E-state index contributed by atoms with van der Waals surface area (Å²) in [4.78, 5) is 22.8. The minimum Gasteiger partial charge on any atom is -0.354 e. The number of rotatable bonds is 3. The maximum atomic E-state index is 12.9. The molecule has 1 fully saturated rings. The highest BCUT2D eigenvalue weighted by Crippen LogP contribution is 2.32. The molecule has 3 aromatic rings. The number of hydrogen-bond acceptors (Lipinski definition) is 4. The topological polar surface area (TPSA) is 70.2 Å². The molecule has 0 aliphatic carbocycles. The van der Waals surface area contributed by atoms with E-state index in [1.54, 1.807) is 13.1 Å². The average molecular weight is 429 g/mol. The molecule has 2 amide bonds. The van der Waals surface area contributed by atoms with Crippen LogP contribution in [0.5, 0.6) is 0 Å². The quantitative estimate of drug-likeness (QED) is 0.635. The van der Waals surface area contributed by atoms with E-state index in [0.717, 1.165) is 28.7 Å². The molecule has 1 unspecified atom stereocenters. The van der Waals surface area contributed by atoms with Crippen molar-refractivity contribution in [3.63, 3.8) is 0 Å². The molecule has 0 saturated carbocycles. The highest BCUT2D eigenvalue weighted by Gasteiger charge is 2.32. The lowest BCUT2D eigenvalue weighted by Gasteiger charge is -2.21. The maximum Gasteiger partial charge on any atom is 0.417 e. The van der Waals surface area contributed by atoms with Crippen LogP contribution in [0.2, 0.25) is 0 Å². The van der Waals surface area contributed by atoms with Crippen molar-refractivity contribution in [3.8, 4) is 0 Å². The Hall–Kier alpha value is -3.36. The van der Waals surface area contributed by atoms with Crippen LogP contribution in [0.1, 0.15) is 23.2 Å². The van der Waals surface area contributed by atoms with Crippen LogP contribution in [0.25, 0.3) is 10.8 Å². The summed E-state index contributed by atoms with van der Waals surface area (Å²) < 4.78 is 38.6. The van der Waals surface area contributed by atoms with Crippen molar-refractivity contribution in [2.45, 2.75) is 32.5 Å². The van der Waals surface area contributed by atoms with Gasteiger partial charge in [-0.3, -0.25) is 4.98 Å². The van der Waals surface area contributed by atoms with Crippen LogP contribution in [0.3, 0.4) is 0 Å². The van der Waals surface area contributed by atoms with Crippen LogP contribution in [-0.2, 0) is 6.18 Å². The SMILES string of the molecule is Cc1cc(C(F)(F)F)cnc1N1CCC(NC(=O)Nc2cccc3c(C)nccc23)C1. The summed E-state index contributed by atoms with van der Waals surface area (Å²) in [7, 11) is 0. The van der Waals surface area contributed by atoms with E-state index in [0.29, 0.717) is 36.6 Å². The summed E-state index contributed by atoms with van der Waals surface area (Å²) >= 11 is 0. The molecule has 2 aromatic heterocycles. The fourth-order valence-corrected chi connectivity index (χ4v) is 3.93. The van der Waals surface area contributed by atoms with Gasteiger partial charge in [-0.05, 0) is 44.0 Å². The molecule has 162 valence electrons. The lowest BCUT2D eigenvalue weighted by Crippen LogP contribution is -2.40. The fraction of sp³-hybridized carbons (Fsp3) is 0.318. The molecule has 31 heavy (non-hydrogen) atoms. The Bertz CT molecular complexity index is 1130. The molecule has 0 radical (unpaired) electrons. The number of alkyl halides is 3. The molecule has 4 rings (SSSR count). The van der Waals surface area contributed by atoms with Gasteiger partial charge in [0.25, 0.3) is 0 Å². The largest absolute Gasteiger partial charge is 0.417 e. The van der Waals surface area contributed by atoms with E-state index in [1.807, 2.05) is 36.1 Å². The van der Waals surface area contributed by atoms with Gasteiger partial charge in [0.05, 0.1) is 11.3 Å². The van der Waals surface area contributed by atoms with Crippen LogP contribution in [-0.4, -0.2) is 35.1 Å². The van der Waals surface area contributed by atoms with Crippen LogP contribution in [0.15, 0.2) is 42.7 Å². The van der Waals surface area contributed by atoms with Gasteiger partial charge in [0, 0.05) is 48.0 Å². The van der Waals surface area contributed by atoms with Gasteiger partial charge < -0.3 is 15.5 Å². The third kappa shape index (κ3) is 4.40. The summed E-state index contributed by atoms with van der Waals surface area (Å²) in [5, 5.41) is 7.71. The minimum atomic E-state index is -4.42. The number of aryl methyl sites for hydroxylation is 2. The van der Waals surface area contributed by atoms with E-state index >= 15 is 0 Å². The zero-order valence-electron chi connectivity index (χ0n) is 17.1. The summed E-state index contributed by atoms with van der Waals surface area (Å²) in [5.74, 6) is 0.509. The molecule has 0 spiro atoms. The van der Waals surface area contributed by atoms with Gasteiger partial charge in [-0.15, -0.1) is 0 Å². The Morgan fingerprint density at radius 1 is 1.16 bits per heavy atom. The van der Waals surface area contributed by atoms with Gasteiger partial charge in [0.2, 0.25) is 0 Å². The number of nitrogens with one attached hydrogen (secondary N) is 2. The molecule has 1 saturated heterocycles. The number of fused-ring (bicyclic) bond motifs is 1. The summed E-state index contributed by atoms with van der Waals surface area (Å²) in [5.41, 5.74) is 1.27. The Labute approximate surface area is 177 Å². The second-order valence-corrected chi connectivity index (χ2v) is 7.69. The zero-order chi connectivity index (χ0) is 22.2. The smallest absolute Gasteiger partial charge is 0.354 e. The Kier molecular flexibility index (Phi) is 5.43. The monoisotopic (exact) mass is 429 g/mol. The predicted octanol–water partition coefficient (Wildman–Crippen LogP) is 4.67. The Balaban J connectivity index is 1.41. The molecule has 1 atom stereocenters. The standard InChI is InChI=1S/C22H22F3N5O/c1-13-10-15(22(23,24)25)11-27-20(13)30-9-7-16(12-30)28-21(31)29-19-5-3-4-17-14(2)26-8-6-18(17)19/h3-6,8,10-11,16H,7,9,12H2,1-2H3,(H2,28,29,31). The van der Waals surface area contributed by atoms with Gasteiger partial charge in [-0.1, -0.05) is 12.1 Å². The molecular weight excluding hydrogens is 407 g/mol. The van der Waals surface area contributed by atoms with E-state index in [4.69, 9.17) is 0 Å². The van der Waals surface area contributed by atoms with Crippen LogP contribution < -0.4 is 15.5 Å². The lowest BCUT2D eigenvalue weighted by atomic mass is 10.1. The lowest BCUT2D eigenvalue weighted by molar-refractivity contribution is -0.137. The molecule has 6 nitrogen and oxygen atoms in total. The van der Waals surface area contributed by atoms with Gasteiger partial charge in [-0.25, -0.2) is 9.78 Å². The first-order valence-corrected chi connectivity index (χ1v) is 9.93. The summed E-state index contributed by atoms with van der Waals surface area (Å²) in [6.07, 6.45) is -1.18. The van der Waals surface area contributed by atoms with Crippen molar-refractivity contribution >= 4 is 28.3 Å². The number of pyridine rings is 2. The second kappa shape index (κ2) is 8.05. The van der Waals surface area contributed by atoms with Crippen molar-refractivity contribution in [1.82, 2.24) is 15.3 Å². The number of amides is 2. The van der Waals surface area contributed by atoms with E-state index in [2.05, 4.69) is 20.6 Å². The molecule has 1 aliphatic rings. The summed E-state index contributed by atoms with van der Waals surface area (Å²) in [6.45, 7) is 4.60. The van der Waals surface area contributed by atoms with Gasteiger partial charge in [-0.2, -0.15) is 13.2 Å². The van der Waals surface area contributed by atoms with Crippen molar-refractivity contribution < 1.29 is 18.0 Å². The highest BCUT2D eigenvalue weighted by atomic mass is 19.4. The molecular formula is C22H22F3N5O. The first-order valence-electron chi connectivity index (χ1n) is 9.93. The molecule has 3 heterocycles. The number of hydrogen-bond donors (Lipinski definition) is 2. The third-order valence-electron chi connectivity index (χ3n) is 5.45. The van der Waals surface area contributed by atoms with E-state index < -0.39 is 11.7 Å². The van der Waals surface area contributed by atoms with Gasteiger partial charge in [0.15, 0.2) is 0 Å². The van der Waals surface area contributed by atoms with E-state index in [-0.39, 0.29) is 12.1 Å². The number of carbonyl (C=O) groups excluding carboxylic acids is 1. The normalized spacial score (nSPS) is 16.5.